The smallest absolute Gasteiger partial charge is 0.257 e. The molecule has 110 valence electrons. The van der Waals surface area contributed by atoms with Crippen LogP contribution in [0.1, 0.15) is 5.56 Å². The maximum Gasteiger partial charge on any atom is 0.257 e. The van der Waals surface area contributed by atoms with E-state index in [1.807, 2.05) is 0 Å². The molecular weight excluding hydrogens is 293 g/mol. The van der Waals surface area contributed by atoms with Crippen molar-refractivity contribution >= 4 is 17.5 Å². The average Bonchev–Trinajstić information content (AvgIpc) is 2.48. The lowest BCUT2D eigenvalue weighted by molar-refractivity contribution is -0.123. The molecule has 2 aromatic carbocycles. The van der Waals surface area contributed by atoms with Gasteiger partial charge in [-0.2, -0.15) is 0 Å². The van der Waals surface area contributed by atoms with Crippen LogP contribution in [0.15, 0.2) is 48.5 Å². The van der Waals surface area contributed by atoms with Crippen molar-refractivity contribution in [2.45, 2.75) is 6.42 Å². The Labute approximate surface area is 127 Å². The molecule has 1 amide bonds. The third-order valence-electron chi connectivity index (χ3n) is 2.84. The summed E-state index contributed by atoms with van der Waals surface area (Å²) in [6.07, 6.45) is 0.637. The minimum Gasteiger partial charge on any atom is -0.482 e. The highest BCUT2D eigenvalue weighted by Crippen LogP contribution is 2.22. The lowest BCUT2D eigenvalue weighted by Gasteiger charge is -2.08. The predicted molar refractivity (Wildman–Crippen MR) is 80.1 cm³/mol. The Morgan fingerprint density at radius 2 is 1.86 bits per heavy atom. The Kier molecular flexibility index (Phi) is 5.58. The molecule has 0 aliphatic carbocycles. The summed E-state index contributed by atoms with van der Waals surface area (Å²) in [4.78, 5) is 11.6. The molecule has 3 nitrogen and oxygen atoms in total. The fraction of sp³-hybridized carbons (Fsp3) is 0.188. The van der Waals surface area contributed by atoms with Gasteiger partial charge in [0.15, 0.2) is 6.61 Å². The quantitative estimate of drug-likeness (QED) is 0.890. The molecule has 0 unspecified atom stereocenters. The van der Waals surface area contributed by atoms with Gasteiger partial charge in [-0.05, 0) is 36.2 Å². The standard InChI is InChI=1S/C16H15ClFNO2/c17-14-3-1-2-4-15(14)21-11-16(20)19-10-9-12-5-7-13(18)8-6-12/h1-8H,9-11H2,(H,19,20). The molecule has 0 saturated carbocycles. The average molecular weight is 308 g/mol. The summed E-state index contributed by atoms with van der Waals surface area (Å²) in [7, 11) is 0. The topological polar surface area (TPSA) is 38.3 Å². The highest BCUT2D eigenvalue weighted by Gasteiger charge is 2.05. The van der Waals surface area contributed by atoms with Gasteiger partial charge in [-0.25, -0.2) is 4.39 Å². The van der Waals surface area contributed by atoms with E-state index in [0.29, 0.717) is 23.7 Å². The highest BCUT2D eigenvalue weighted by atomic mass is 35.5. The second-order valence-electron chi connectivity index (χ2n) is 4.45. The number of ether oxygens (including phenoxy) is 1. The van der Waals surface area contributed by atoms with Crippen molar-refractivity contribution in [2.75, 3.05) is 13.2 Å². The van der Waals surface area contributed by atoms with Crippen molar-refractivity contribution in [3.05, 3.63) is 64.9 Å². The van der Waals surface area contributed by atoms with Crippen LogP contribution < -0.4 is 10.1 Å². The van der Waals surface area contributed by atoms with E-state index in [1.165, 1.54) is 12.1 Å². The lowest BCUT2D eigenvalue weighted by Crippen LogP contribution is -2.30. The van der Waals surface area contributed by atoms with Crippen molar-refractivity contribution in [3.8, 4) is 5.75 Å². The molecule has 0 spiro atoms. The van der Waals surface area contributed by atoms with Crippen molar-refractivity contribution < 1.29 is 13.9 Å². The number of carbonyl (C=O) groups is 1. The molecule has 0 bridgehead atoms. The van der Waals surface area contributed by atoms with Crippen LogP contribution in [0, 0.1) is 5.82 Å². The normalized spacial score (nSPS) is 10.2. The molecule has 0 radical (unpaired) electrons. The van der Waals surface area contributed by atoms with E-state index in [2.05, 4.69) is 5.32 Å². The molecular formula is C16H15ClFNO2. The zero-order chi connectivity index (χ0) is 15.1. The van der Waals surface area contributed by atoms with Gasteiger partial charge in [0.2, 0.25) is 0 Å². The van der Waals surface area contributed by atoms with Crippen LogP contribution in [0.4, 0.5) is 4.39 Å². The molecule has 0 heterocycles. The summed E-state index contributed by atoms with van der Waals surface area (Å²) in [6.45, 7) is 0.378. The van der Waals surface area contributed by atoms with Gasteiger partial charge in [0, 0.05) is 6.54 Å². The van der Waals surface area contributed by atoms with E-state index < -0.39 is 0 Å². The molecule has 0 atom stereocenters. The summed E-state index contributed by atoms with van der Waals surface area (Å²) >= 11 is 5.92. The minimum absolute atomic E-state index is 0.0901. The summed E-state index contributed by atoms with van der Waals surface area (Å²) in [5.74, 6) is -0.0131. The van der Waals surface area contributed by atoms with Crippen molar-refractivity contribution in [2.24, 2.45) is 0 Å². The van der Waals surface area contributed by atoms with Crippen LogP contribution >= 0.6 is 11.6 Å². The molecule has 5 heteroatoms. The fourth-order valence-electron chi connectivity index (χ4n) is 1.75. The highest BCUT2D eigenvalue weighted by molar-refractivity contribution is 6.32. The first kappa shape index (κ1) is 15.3. The number of hydrogen-bond acceptors (Lipinski definition) is 2. The van der Waals surface area contributed by atoms with Crippen LogP contribution in [-0.4, -0.2) is 19.1 Å². The first-order valence-corrected chi connectivity index (χ1v) is 6.91. The largest absolute Gasteiger partial charge is 0.482 e. The molecule has 21 heavy (non-hydrogen) atoms. The van der Waals surface area contributed by atoms with Crippen LogP contribution in [0.3, 0.4) is 0 Å². The van der Waals surface area contributed by atoms with E-state index in [4.69, 9.17) is 16.3 Å². The Bertz CT molecular complexity index is 601. The number of hydrogen-bond donors (Lipinski definition) is 1. The second kappa shape index (κ2) is 7.64. The van der Waals surface area contributed by atoms with Gasteiger partial charge in [0.1, 0.15) is 11.6 Å². The Hall–Kier alpha value is -2.07. The second-order valence-corrected chi connectivity index (χ2v) is 4.85. The number of nitrogens with one attached hydrogen (secondary N) is 1. The molecule has 0 aromatic heterocycles. The molecule has 2 rings (SSSR count). The first-order chi connectivity index (χ1) is 10.1. The molecule has 0 aliphatic rings. The van der Waals surface area contributed by atoms with E-state index in [1.54, 1.807) is 36.4 Å². The summed E-state index contributed by atoms with van der Waals surface area (Å²) in [5.41, 5.74) is 0.962. The number of benzene rings is 2. The molecule has 0 fully saturated rings. The number of amides is 1. The van der Waals surface area contributed by atoms with Crippen molar-refractivity contribution in [1.82, 2.24) is 5.32 Å². The minimum atomic E-state index is -0.268. The zero-order valence-corrected chi connectivity index (χ0v) is 12.1. The van der Waals surface area contributed by atoms with Crippen molar-refractivity contribution in [3.63, 3.8) is 0 Å². The Morgan fingerprint density at radius 3 is 2.57 bits per heavy atom. The van der Waals surface area contributed by atoms with Gasteiger partial charge in [-0.3, -0.25) is 4.79 Å². The maximum absolute atomic E-state index is 12.7. The van der Waals surface area contributed by atoms with Crippen LogP contribution in [0.2, 0.25) is 5.02 Å². The molecule has 0 aliphatic heterocycles. The first-order valence-electron chi connectivity index (χ1n) is 6.53. The van der Waals surface area contributed by atoms with E-state index in [0.717, 1.165) is 5.56 Å². The Morgan fingerprint density at radius 1 is 1.14 bits per heavy atom. The van der Waals surface area contributed by atoms with Crippen molar-refractivity contribution in [1.29, 1.82) is 0 Å². The van der Waals surface area contributed by atoms with Gasteiger partial charge in [0.25, 0.3) is 5.91 Å². The summed E-state index contributed by atoms with van der Waals surface area (Å²) in [5, 5.41) is 3.20. The zero-order valence-electron chi connectivity index (χ0n) is 11.3. The Balaban J connectivity index is 1.70. The van der Waals surface area contributed by atoms with Gasteiger partial charge in [0.05, 0.1) is 5.02 Å². The monoisotopic (exact) mass is 307 g/mol. The van der Waals surface area contributed by atoms with E-state index in [-0.39, 0.29) is 18.3 Å². The maximum atomic E-state index is 12.7. The van der Waals surface area contributed by atoms with Gasteiger partial charge in [-0.1, -0.05) is 35.9 Å². The SMILES string of the molecule is O=C(COc1ccccc1Cl)NCCc1ccc(F)cc1. The van der Waals surface area contributed by atoms with Crippen LogP contribution in [0.25, 0.3) is 0 Å². The van der Waals surface area contributed by atoms with Gasteiger partial charge >= 0.3 is 0 Å². The number of rotatable bonds is 6. The van der Waals surface area contributed by atoms with Gasteiger partial charge in [-0.15, -0.1) is 0 Å². The molecule has 1 N–H and O–H groups in total. The summed E-state index contributed by atoms with van der Waals surface area (Å²) < 4.78 is 18.1. The summed E-state index contributed by atoms with van der Waals surface area (Å²) in [6, 6.07) is 13.2. The lowest BCUT2D eigenvalue weighted by atomic mass is 10.1. The van der Waals surface area contributed by atoms with Gasteiger partial charge < -0.3 is 10.1 Å². The van der Waals surface area contributed by atoms with Crippen LogP contribution in [-0.2, 0) is 11.2 Å². The number of halogens is 2. The third-order valence-corrected chi connectivity index (χ3v) is 3.16. The predicted octanol–water partition coefficient (Wildman–Crippen LogP) is 3.22. The number of carbonyl (C=O) groups excluding carboxylic acids is 1. The molecule has 2 aromatic rings. The number of para-hydroxylation sites is 1. The molecule has 0 saturated heterocycles. The fourth-order valence-corrected chi connectivity index (χ4v) is 1.94. The third kappa shape index (κ3) is 5.08. The van der Waals surface area contributed by atoms with Crippen LogP contribution in [0.5, 0.6) is 5.75 Å². The van der Waals surface area contributed by atoms with E-state index in [9.17, 15) is 9.18 Å². The van der Waals surface area contributed by atoms with E-state index >= 15 is 0 Å².